The third kappa shape index (κ3) is 3.35. The van der Waals surface area contributed by atoms with Gasteiger partial charge in [-0.1, -0.05) is 18.2 Å². The Kier molecular flexibility index (Phi) is 4.07. The lowest BCUT2D eigenvalue weighted by Crippen LogP contribution is -2.19. The zero-order valence-corrected chi connectivity index (χ0v) is 11.7. The highest BCUT2D eigenvalue weighted by Crippen LogP contribution is 2.30. The van der Waals surface area contributed by atoms with Crippen molar-refractivity contribution in [3.05, 3.63) is 54.6 Å². The van der Waals surface area contributed by atoms with Crippen molar-refractivity contribution in [1.82, 2.24) is 0 Å². The van der Waals surface area contributed by atoms with E-state index in [1.165, 1.54) is 0 Å². The van der Waals surface area contributed by atoms with Crippen LogP contribution in [0.2, 0.25) is 0 Å². The maximum atomic E-state index is 9.07. The van der Waals surface area contributed by atoms with Gasteiger partial charge in [0.25, 0.3) is 0 Å². The van der Waals surface area contributed by atoms with Crippen LogP contribution in [-0.4, -0.2) is 6.10 Å². The van der Waals surface area contributed by atoms with Crippen molar-refractivity contribution in [3.8, 4) is 23.3 Å². The number of para-hydroxylation sites is 1. The van der Waals surface area contributed by atoms with Crippen LogP contribution >= 0.6 is 0 Å². The first-order valence-corrected chi connectivity index (χ1v) is 7.24. The van der Waals surface area contributed by atoms with E-state index in [0.29, 0.717) is 0 Å². The van der Waals surface area contributed by atoms with Crippen molar-refractivity contribution in [1.29, 1.82) is 5.26 Å². The maximum Gasteiger partial charge on any atom is 0.127 e. The Balaban J connectivity index is 1.63. The van der Waals surface area contributed by atoms with E-state index in [9.17, 15) is 0 Å². The van der Waals surface area contributed by atoms with E-state index in [0.717, 1.165) is 36.5 Å². The molecule has 106 valence electrons. The molecule has 2 aromatic carbocycles. The molecule has 21 heavy (non-hydrogen) atoms. The number of benzene rings is 2. The molecule has 0 spiro atoms. The van der Waals surface area contributed by atoms with Crippen LogP contribution in [0.4, 0.5) is 0 Å². The molecule has 0 heterocycles. The van der Waals surface area contributed by atoms with Crippen LogP contribution in [0.5, 0.6) is 17.2 Å². The summed E-state index contributed by atoms with van der Waals surface area (Å²) in [6.07, 6.45) is 2.99. The average molecular weight is 279 g/mol. The number of hydrogen-bond acceptors (Lipinski definition) is 3. The number of nitrogens with zero attached hydrogens (tertiary/aromatic N) is 1. The largest absolute Gasteiger partial charge is 0.489 e. The van der Waals surface area contributed by atoms with Crippen molar-refractivity contribution in [2.24, 2.45) is 5.92 Å². The lowest BCUT2D eigenvalue weighted by Gasteiger charge is -2.16. The Bertz CT molecular complexity index is 616. The molecule has 0 aliphatic heterocycles. The Hall–Kier alpha value is -2.47. The summed E-state index contributed by atoms with van der Waals surface area (Å²) >= 11 is 0. The zero-order chi connectivity index (χ0) is 14.5. The van der Waals surface area contributed by atoms with E-state index in [-0.39, 0.29) is 12.0 Å². The molecule has 3 rings (SSSR count). The fourth-order valence-corrected chi connectivity index (χ4v) is 2.60. The molecule has 3 nitrogen and oxygen atoms in total. The molecule has 2 atom stereocenters. The summed E-state index contributed by atoms with van der Waals surface area (Å²) in [5.74, 6) is 2.40. The number of rotatable bonds is 4. The molecule has 0 bridgehead atoms. The summed E-state index contributed by atoms with van der Waals surface area (Å²) in [7, 11) is 0. The van der Waals surface area contributed by atoms with E-state index in [4.69, 9.17) is 14.7 Å². The van der Waals surface area contributed by atoms with Crippen LogP contribution in [0, 0.1) is 17.2 Å². The van der Waals surface area contributed by atoms with E-state index in [2.05, 4.69) is 6.07 Å². The molecule has 1 fully saturated rings. The number of ether oxygens (including phenoxy) is 2. The quantitative estimate of drug-likeness (QED) is 0.824. The Labute approximate surface area is 124 Å². The van der Waals surface area contributed by atoms with Crippen molar-refractivity contribution in [2.45, 2.75) is 25.4 Å². The van der Waals surface area contributed by atoms with Crippen LogP contribution in [0.3, 0.4) is 0 Å². The standard InChI is InChI=1S/C18H17NO2/c19-13-14-5-4-8-18(14)21-17-11-9-16(10-12-17)20-15-6-2-1-3-7-15/h1-3,6-7,9-12,14,18H,4-5,8H2. The van der Waals surface area contributed by atoms with Gasteiger partial charge in [0.1, 0.15) is 23.4 Å². The molecule has 2 aromatic rings. The van der Waals surface area contributed by atoms with Crippen LogP contribution in [-0.2, 0) is 0 Å². The highest BCUT2D eigenvalue weighted by molar-refractivity contribution is 5.35. The first kappa shape index (κ1) is 13.5. The second kappa shape index (κ2) is 6.32. The molecule has 0 radical (unpaired) electrons. The molecule has 1 saturated carbocycles. The van der Waals surface area contributed by atoms with Gasteiger partial charge in [0, 0.05) is 0 Å². The summed E-state index contributed by atoms with van der Waals surface area (Å²) < 4.78 is 11.6. The Morgan fingerprint density at radius 2 is 1.52 bits per heavy atom. The zero-order valence-electron chi connectivity index (χ0n) is 11.7. The van der Waals surface area contributed by atoms with Gasteiger partial charge < -0.3 is 9.47 Å². The maximum absolute atomic E-state index is 9.07. The van der Waals surface area contributed by atoms with Gasteiger partial charge in [-0.05, 0) is 55.7 Å². The third-order valence-corrected chi connectivity index (χ3v) is 3.71. The van der Waals surface area contributed by atoms with Gasteiger partial charge in [-0.2, -0.15) is 5.26 Å². The molecule has 1 aliphatic carbocycles. The predicted molar refractivity (Wildman–Crippen MR) is 80.3 cm³/mol. The number of hydrogen-bond donors (Lipinski definition) is 0. The molecule has 2 unspecified atom stereocenters. The SMILES string of the molecule is N#CC1CCCC1Oc1ccc(Oc2ccccc2)cc1. The van der Waals surface area contributed by atoms with Crippen LogP contribution in [0.25, 0.3) is 0 Å². The van der Waals surface area contributed by atoms with E-state index >= 15 is 0 Å². The average Bonchev–Trinajstić information content (AvgIpc) is 2.97. The molecule has 0 aromatic heterocycles. The summed E-state index contributed by atoms with van der Waals surface area (Å²) in [6, 6.07) is 19.6. The summed E-state index contributed by atoms with van der Waals surface area (Å²) in [5, 5.41) is 9.07. The van der Waals surface area contributed by atoms with E-state index in [1.807, 2.05) is 54.6 Å². The summed E-state index contributed by atoms with van der Waals surface area (Å²) in [6.45, 7) is 0. The molecule has 0 amide bonds. The first-order chi connectivity index (χ1) is 10.3. The fourth-order valence-electron chi connectivity index (χ4n) is 2.60. The van der Waals surface area contributed by atoms with Crippen molar-refractivity contribution in [2.75, 3.05) is 0 Å². The van der Waals surface area contributed by atoms with E-state index < -0.39 is 0 Å². The van der Waals surface area contributed by atoms with Gasteiger partial charge in [0.2, 0.25) is 0 Å². The van der Waals surface area contributed by atoms with Crippen molar-refractivity contribution < 1.29 is 9.47 Å². The molecule has 1 aliphatic rings. The predicted octanol–water partition coefficient (Wildman–Crippen LogP) is 4.55. The third-order valence-electron chi connectivity index (χ3n) is 3.71. The van der Waals surface area contributed by atoms with Crippen LogP contribution in [0.1, 0.15) is 19.3 Å². The van der Waals surface area contributed by atoms with Gasteiger partial charge in [-0.25, -0.2) is 0 Å². The van der Waals surface area contributed by atoms with Gasteiger partial charge in [0.05, 0.1) is 12.0 Å². The minimum atomic E-state index is 0.0187. The number of nitriles is 1. The molecule has 3 heteroatoms. The highest BCUT2D eigenvalue weighted by Gasteiger charge is 2.28. The van der Waals surface area contributed by atoms with Crippen molar-refractivity contribution in [3.63, 3.8) is 0 Å². The van der Waals surface area contributed by atoms with Gasteiger partial charge in [-0.15, -0.1) is 0 Å². The second-order valence-electron chi connectivity index (χ2n) is 5.21. The van der Waals surface area contributed by atoms with Crippen LogP contribution < -0.4 is 9.47 Å². The Morgan fingerprint density at radius 3 is 2.24 bits per heavy atom. The Morgan fingerprint density at radius 1 is 0.857 bits per heavy atom. The molecular weight excluding hydrogens is 262 g/mol. The summed E-state index contributed by atoms with van der Waals surface area (Å²) in [4.78, 5) is 0. The summed E-state index contributed by atoms with van der Waals surface area (Å²) in [5.41, 5.74) is 0. The fraction of sp³-hybridized carbons (Fsp3) is 0.278. The minimum absolute atomic E-state index is 0.0187. The monoisotopic (exact) mass is 279 g/mol. The molecule has 0 saturated heterocycles. The lowest BCUT2D eigenvalue weighted by atomic mass is 10.1. The highest BCUT2D eigenvalue weighted by atomic mass is 16.5. The van der Waals surface area contributed by atoms with E-state index in [1.54, 1.807) is 0 Å². The molecule has 0 N–H and O–H groups in total. The second-order valence-corrected chi connectivity index (χ2v) is 5.21. The molecular formula is C18H17NO2. The van der Waals surface area contributed by atoms with Gasteiger partial charge in [0.15, 0.2) is 0 Å². The topological polar surface area (TPSA) is 42.2 Å². The van der Waals surface area contributed by atoms with Gasteiger partial charge >= 0.3 is 0 Å². The smallest absolute Gasteiger partial charge is 0.127 e. The normalized spacial score (nSPS) is 20.7. The van der Waals surface area contributed by atoms with Gasteiger partial charge in [-0.3, -0.25) is 0 Å². The van der Waals surface area contributed by atoms with Crippen LogP contribution in [0.15, 0.2) is 54.6 Å². The first-order valence-electron chi connectivity index (χ1n) is 7.24. The van der Waals surface area contributed by atoms with Crippen molar-refractivity contribution >= 4 is 0 Å². The minimum Gasteiger partial charge on any atom is -0.489 e. The lowest BCUT2D eigenvalue weighted by molar-refractivity contribution is 0.182.